The minimum absolute atomic E-state index is 0.240. The van der Waals surface area contributed by atoms with E-state index in [4.69, 9.17) is 4.74 Å². The third-order valence-electron chi connectivity index (χ3n) is 5.48. The molecule has 3 aromatic rings. The van der Waals surface area contributed by atoms with Gasteiger partial charge in [-0.25, -0.2) is 14.2 Å². The Labute approximate surface area is 184 Å². The Morgan fingerprint density at radius 1 is 1.12 bits per heavy atom. The van der Waals surface area contributed by atoms with Gasteiger partial charge in [-0.3, -0.25) is 19.2 Å². The number of piperazine rings is 1. The number of pyridine rings is 1. The van der Waals surface area contributed by atoms with Crippen LogP contribution >= 0.6 is 0 Å². The van der Waals surface area contributed by atoms with E-state index in [1.54, 1.807) is 11.9 Å². The molecule has 0 spiro atoms. The Balaban J connectivity index is 1.37. The van der Waals surface area contributed by atoms with E-state index in [0.29, 0.717) is 38.5 Å². The van der Waals surface area contributed by atoms with Crippen molar-refractivity contribution in [1.29, 1.82) is 0 Å². The zero-order valence-electron chi connectivity index (χ0n) is 17.8. The average molecular weight is 437 g/mol. The smallest absolute Gasteiger partial charge is 0.410 e. The first-order valence-corrected chi connectivity index (χ1v) is 10.4. The van der Waals surface area contributed by atoms with E-state index in [2.05, 4.69) is 14.9 Å². The standard InChI is InChI=1S/C23H24FN5O3/c1-27-21(26-20(13-22(27)30)18-7-8-25-14-19(18)24)15-28-9-11-29(12-10-28)23(31)32-16-17-5-3-2-4-6-17/h2-8,13-14H,9-12,15-16H2,1H3. The molecular weight excluding hydrogens is 413 g/mol. The van der Waals surface area contributed by atoms with Crippen LogP contribution in [0.25, 0.3) is 11.3 Å². The molecule has 1 aromatic carbocycles. The first-order chi connectivity index (χ1) is 15.5. The molecule has 1 fully saturated rings. The molecule has 32 heavy (non-hydrogen) atoms. The molecule has 0 unspecified atom stereocenters. The van der Waals surface area contributed by atoms with Gasteiger partial charge in [0.1, 0.15) is 12.4 Å². The van der Waals surface area contributed by atoms with Gasteiger partial charge in [-0.1, -0.05) is 30.3 Å². The van der Waals surface area contributed by atoms with Gasteiger partial charge in [0.2, 0.25) is 0 Å². The van der Waals surface area contributed by atoms with Crippen molar-refractivity contribution in [2.75, 3.05) is 26.2 Å². The van der Waals surface area contributed by atoms with E-state index in [1.807, 2.05) is 30.3 Å². The van der Waals surface area contributed by atoms with Crippen molar-refractivity contribution in [2.45, 2.75) is 13.2 Å². The van der Waals surface area contributed by atoms with Crippen molar-refractivity contribution < 1.29 is 13.9 Å². The summed E-state index contributed by atoms with van der Waals surface area (Å²) in [6, 6.07) is 12.4. The van der Waals surface area contributed by atoms with E-state index in [9.17, 15) is 14.0 Å². The number of carbonyl (C=O) groups is 1. The predicted octanol–water partition coefficient (Wildman–Crippen LogP) is 2.44. The topological polar surface area (TPSA) is 80.6 Å². The Hall–Kier alpha value is -3.59. The van der Waals surface area contributed by atoms with Crippen molar-refractivity contribution in [3.8, 4) is 11.3 Å². The second kappa shape index (κ2) is 9.69. The molecule has 166 valence electrons. The van der Waals surface area contributed by atoms with E-state index >= 15 is 0 Å². The molecule has 1 aliphatic heterocycles. The number of hydrogen-bond donors (Lipinski definition) is 0. The number of halogens is 1. The van der Waals surface area contributed by atoms with Crippen LogP contribution in [0.5, 0.6) is 0 Å². The number of ether oxygens (including phenoxy) is 1. The van der Waals surface area contributed by atoms with Crippen molar-refractivity contribution in [2.24, 2.45) is 7.05 Å². The summed E-state index contributed by atoms with van der Waals surface area (Å²) in [5.41, 5.74) is 1.21. The maximum absolute atomic E-state index is 14.1. The molecule has 1 aliphatic rings. The molecule has 0 bridgehead atoms. The van der Waals surface area contributed by atoms with Crippen molar-refractivity contribution >= 4 is 6.09 Å². The van der Waals surface area contributed by atoms with Gasteiger partial charge in [0, 0.05) is 51.1 Å². The summed E-state index contributed by atoms with van der Waals surface area (Å²) < 4.78 is 21.0. The second-order valence-electron chi connectivity index (χ2n) is 7.61. The van der Waals surface area contributed by atoms with Crippen LogP contribution in [0.4, 0.5) is 9.18 Å². The van der Waals surface area contributed by atoms with Gasteiger partial charge >= 0.3 is 6.09 Å². The number of nitrogens with zero attached hydrogens (tertiary/aromatic N) is 5. The van der Waals surface area contributed by atoms with Crippen LogP contribution < -0.4 is 5.56 Å². The van der Waals surface area contributed by atoms with Crippen LogP contribution in [0, 0.1) is 5.82 Å². The Kier molecular flexibility index (Phi) is 6.55. The molecule has 1 amide bonds. The first-order valence-electron chi connectivity index (χ1n) is 10.4. The zero-order chi connectivity index (χ0) is 22.5. The van der Waals surface area contributed by atoms with Crippen LogP contribution in [0.1, 0.15) is 11.4 Å². The van der Waals surface area contributed by atoms with Crippen molar-refractivity contribution in [1.82, 2.24) is 24.3 Å². The minimum atomic E-state index is -0.526. The lowest BCUT2D eigenvalue weighted by Crippen LogP contribution is -2.48. The van der Waals surface area contributed by atoms with Gasteiger partial charge in [-0.2, -0.15) is 0 Å². The minimum Gasteiger partial charge on any atom is -0.445 e. The predicted molar refractivity (Wildman–Crippen MR) is 116 cm³/mol. The quantitative estimate of drug-likeness (QED) is 0.610. The molecule has 3 heterocycles. The molecular formula is C23H24FN5O3. The molecule has 4 rings (SSSR count). The molecule has 0 aliphatic carbocycles. The van der Waals surface area contributed by atoms with E-state index in [0.717, 1.165) is 11.8 Å². The first kappa shape index (κ1) is 21.6. The fourth-order valence-electron chi connectivity index (χ4n) is 3.55. The van der Waals surface area contributed by atoms with E-state index in [1.165, 1.54) is 22.9 Å². The number of aromatic nitrogens is 3. The summed E-state index contributed by atoms with van der Waals surface area (Å²) in [5.74, 6) is 0.00523. The monoisotopic (exact) mass is 437 g/mol. The molecule has 0 radical (unpaired) electrons. The van der Waals surface area contributed by atoms with Crippen LogP contribution in [0.3, 0.4) is 0 Å². The third kappa shape index (κ3) is 5.00. The highest BCUT2D eigenvalue weighted by atomic mass is 19.1. The maximum atomic E-state index is 14.1. The van der Waals surface area contributed by atoms with Crippen LogP contribution in [-0.2, 0) is 24.9 Å². The summed E-state index contributed by atoms with van der Waals surface area (Å²) >= 11 is 0. The molecule has 0 atom stereocenters. The Morgan fingerprint density at radius 2 is 1.88 bits per heavy atom. The SMILES string of the molecule is Cn1c(CN2CCN(C(=O)OCc3ccccc3)CC2)nc(-c2ccncc2F)cc1=O. The number of carbonyl (C=O) groups excluding carboxylic acids is 1. The van der Waals surface area contributed by atoms with Gasteiger partial charge in [0.05, 0.1) is 18.4 Å². The molecule has 8 nitrogen and oxygen atoms in total. The summed E-state index contributed by atoms with van der Waals surface area (Å²) in [5, 5.41) is 0. The highest BCUT2D eigenvalue weighted by Crippen LogP contribution is 2.19. The van der Waals surface area contributed by atoms with Crippen LogP contribution in [0.2, 0.25) is 0 Å². The third-order valence-corrected chi connectivity index (χ3v) is 5.48. The largest absolute Gasteiger partial charge is 0.445 e. The van der Waals surface area contributed by atoms with Gasteiger partial charge < -0.3 is 9.64 Å². The summed E-state index contributed by atoms with van der Waals surface area (Å²) in [6.45, 7) is 2.91. The van der Waals surface area contributed by atoms with Gasteiger partial charge in [0.15, 0.2) is 5.82 Å². The number of hydrogen-bond acceptors (Lipinski definition) is 6. The molecule has 1 saturated heterocycles. The summed E-state index contributed by atoms with van der Waals surface area (Å²) in [6.07, 6.45) is 2.23. The summed E-state index contributed by atoms with van der Waals surface area (Å²) in [7, 11) is 1.65. The van der Waals surface area contributed by atoms with E-state index in [-0.39, 0.29) is 29.5 Å². The molecule has 2 aromatic heterocycles. The normalized spacial score (nSPS) is 14.4. The fraction of sp³-hybridized carbons (Fsp3) is 0.304. The summed E-state index contributed by atoms with van der Waals surface area (Å²) in [4.78, 5) is 36.8. The fourth-order valence-corrected chi connectivity index (χ4v) is 3.55. The number of benzene rings is 1. The van der Waals surface area contributed by atoms with Gasteiger partial charge in [-0.15, -0.1) is 0 Å². The lowest BCUT2D eigenvalue weighted by atomic mass is 10.2. The highest BCUT2D eigenvalue weighted by molar-refractivity contribution is 5.67. The Bertz CT molecular complexity index is 1140. The number of rotatable bonds is 5. The average Bonchev–Trinajstić information content (AvgIpc) is 2.82. The molecule has 0 saturated carbocycles. The highest BCUT2D eigenvalue weighted by Gasteiger charge is 2.23. The number of amides is 1. The van der Waals surface area contributed by atoms with Crippen molar-refractivity contribution in [3.63, 3.8) is 0 Å². The second-order valence-corrected chi connectivity index (χ2v) is 7.61. The Morgan fingerprint density at radius 3 is 2.59 bits per heavy atom. The van der Waals surface area contributed by atoms with Crippen LogP contribution in [0.15, 0.2) is 59.7 Å². The molecule has 0 N–H and O–H groups in total. The zero-order valence-corrected chi connectivity index (χ0v) is 17.8. The van der Waals surface area contributed by atoms with Gasteiger partial charge in [0.25, 0.3) is 5.56 Å². The molecule has 9 heteroatoms. The lowest BCUT2D eigenvalue weighted by Gasteiger charge is -2.34. The van der Waals surface area contributed by atoms with Crippen molar-refractivity contribution in [3.05, 3.63) is 82.4 Å². The van der Waals surface area contributed by atoms with E-state index < -0.39 is 5.82 Å². The lowest BCUT2D eigenvalue weighted by molar-refractivity contribution is 0.0692. The van der Waals surface area contributed by atoms with Crippen LogP contribution in [-0.4, -0.2) is 56.6 Å². The van der Waals surface area contributed by atoms with Gasteiger partial charge in [-0.05, 0) is 11.6 Å². The maximum Gasteiger partial charge on any atom is 0.410 e.